The van der Waals surface area contributed by atoms with Crippen LogP contribution in [0.2, 0.25) is 0 Å². The summed E-state index contributed by atoms with van der Waals surface area (Å²) in [5.41, 5.74) is -1.70. The number of halogens is 6. The summed E-state index contributed by atoms with van der Waals surface area (Å²) in [5.74, 6) is 0. The van der Waals surface area contributed by atoms with Crippen molar-refractivity contribution in [3.8, 4) is 0 Å². The van der Waals surface area contributed by atoms with Gasteiger partial charge in [-0.3, -0.25) is 10.2 Å². The summed E-state index contributed by atoms with van der Waals surface area (Å²) in [7, 11) is 0. The average molecular weight is 526 g/mol. The van der Waals surface area contributed by atoms with Gasteiger partial charge in [-0.1, -0.05) is 0 Å². The third kappa shape index (κ3) is 4.31. The number of hydrazine groups is 1. The smallest absolute Gasteiger partial charge is 0.285 e. The van der Waals surface area contributed by atoms with Crippen molar-refractivity contribution in [1.82, 2.24) is 40.2 Å². The average Bonchev–Trinajstić information content (AvgIpc) is 3.62. The molecule has 37 heavy (non-hydrogen) atoms. The Bertz CT molecular complexity index is 1380. The number of nitrogens with one attached hydrogen (secondary N) is 2. The van der Waals surface area contributed by atoms with Crippen LogP contribution in [0.5, 0.6) is 0 Å². The van der Waals surface area contributed by atoms with E-state index in [0.29, 0.717) is 16.4 Å². The summed E-state index contributed by atoms with van der Waals surface area (Å²) in [6, 6.07) is 1.86. The molecule has 10 nitrogen and oxygen atoms in total. The van der Waals surface area contributed by atoms with Crippen molar-refractivity contribution in [3.63, 3.8) is 0 Å². The predicted octanol–water partition coefficient (Wildman–Crippen LogP) is 3.40. The molecule has 0 radical (unpaired) electrons. The minimum absolute atomic E-state index is 0.0111. The molecule has 5 rings (SSSR count). The van der Waals surface area contributed by atoms with Crippen LogP contribution in [0.3, 0.4) is 0 Å². The second-order valence-corrected chi connectivity index (χ2v) is 8.43. The Morgan fingerprint density at radius 1 is 1.03 bits per heavy atom. The SMILES string of the molecule is Cc1c(Cc2ccn[nH]2)c(C(F)(F)F)nn1N1C(C)C(Cc2cn[nH]c2)=C(C(F)(F)F)N1n1cccn1. The van der Waals surface area contributed by atoms with E-state index in [2.05, 4.69) is 30.6 Å². The Morgan fingerprint density at radius 2 is 1.81 bits per heavy atom. The first-order valence-electron chi connectivity index (χ1n) is 11.0. The van der Waals surface area contributed by atoms with E-state index in [-0.39, 0.29) is 29.7 Å². The normalized spacial score (nSPS) is 16.9. The van der Waals surface area contributed by atoms with Crippen LogP contribution in [-0.4, -0.2) is 52.4 Å². The minimum atomic E-state index is -4.87. The zero-order valence-corrected chi connectivity index (χ0v) is 19.4. The molecule has 0 spiro atoms. The van der Waals surface area contributed by atoms with Gasteiger partial charge in [0, 0.05) is 36.5 Å². The van der Waals surface area contributed by atoms with Crippen LogP contribution in [0.25, 0.3) is 0 Å². The molecule has 4 aromatic heterocycles. The maximum atomic E-state index is 14.6. The minimum Gasteiger partial charge on any atom is -0.285 e. The monoisotopic (exact) mass is 526 g/mol. The maximum absolute atomic E-state index is 14.6. The fourth-order valence-electron chi connectivity index (χ4n) is 4.40. The number of rotatable bonds is 6. The van der Waals surface area contributed by atoms with E-state index in [1.165, 1.54) is 57.0 Å². The maximum Gasteiger partial charge on any atom is 0.435 e. The largest absolute Gasteiger partial charge is 0.435 e. The molecule has 196 valence electrons. The lowest BCUT2D eigenvalue weighted by Crippen LogP contribution is -2.57. The van der Waals surface area contributed by atoms with Crippen LogP contribution in [-0.2, 0) is 19.0 Å². The first-order chi connectivity index (χ1) is 17.5. The van der Waals surface area contributed by atoms with Crippen molar-refractivity contribution >= 4 is 0 Å². The van der Waals surface area contributed by atoms with Gasteiger partial charge in [-0.15, -0.1) is 5.10 Å². The molecule has 1 unspecified atom stereocenters. The molecule has 0 aliphatic carbocycles. The van der Waals surface area contributed by atoms with E-state index in [1.807, 2.05) is 0 Å². The highest BCUT2D eigenvalue weighted by atomic mass is 19.4. The molecule has 16 heteroatoms. The highest BCUT2D eigenvalue weighted by molar-refractivity contribution is 5.46. The van der Waals surface area contributed by atoms with Gasteiger partial charge in [0.15, 0.2) is 11.4 Å². The van der Waals surface area contributed by atoms with Gasteiger partial charge in [-0.25, -0.2) is 0 Å². The van der Waals surface area contributed by atoms with E-state index < -0.39 is 29.8 Å². The summed E-state index contributed by atoms with van der Waals surface area (Å²) in [4.78, 5) is 1.76. The van der Waals surface area contributed by atoms with Crippen LogP contribution >= 0.6 is 0 Å². The molecular weight excluding hydrogens is 506 g/mol. The molecule has 0 saturated heterocycles. The molecule has 2 N–H and O–H groups in total. The van der Waals surface area contributed by atoms with E-state index >= 15 is 0 Å². The Labute approximate surface area is 205 Å². The fraction of sp³-hybridized carbons (Fsp3) is 0.333. The molecule has 1 aliphatic heterocycles. The molecule has 5 heterocycles. The Morgan fingerprint density at radius 3 is 2.38 bits per heavy atom. The van der Waals surface area contributed by atoms with Crippen molar-refractivity contribution in [2.24, 2.45) is 0 Å². The van der Waals surface area contributed by atoms with Gasteiger partial charge in [0.25, 0.3) is 0 Å². The fourth-order valence-corrected chi connectivity index (χ4v) is 4.40. The summed E-state index contributed by atoms with van der Waals surface area (Å²) in [6.45, 7) is 2.84. The molecule has 0 amide bonds. The van der Waals surface area contributed by atoms with Gasteiger partial charge >= 0.3 is 12.4 Å². The molecular formula is C21H20F6N10. The number of hydrogen-bond donors (Lipinski definition) is 2. The standard InChI is InChI=1S/C21H20F6N10/c1-12-16(9-15-4-6-28-32-15)18(20(22,23)24)33-35(12)36-13(2)17(8-14-10-29-30-11-14)19(21(25,26)27)37(36)34-7-3-5-31-34/h3-7,10-11,13H,8-9H2,1-2H3,(H,28,32)(H,29,30). The van der Waals surface area contributed by atoms with E-state index in [0.717, 1.165) is 14.7 Å². The second kappa shape index (κ2) is 8.70. The van der Waals surface area contributed by atoms with Crippen LogP contribution in [0.4, 0.5) is 26.3 Å². The van der Waals surface area contributed by atoms with Crippen LogP contribution in [0, 0.1) is 6.92 Å². The van der Waals surface area contributed by atoms with Crippen molar-refractivity contribution in [2.45, 2.75) is 45.1 Å². The first kappa shape index (κ1) is 24.5. The second-order valence-electron chi connectivity index (χ2n) is 8.43. The first-order valence-corrected chi connectivity index (χ1v) is 11.0. The molecule has 4 aromatic rings. The summed E-state index contributed by atoms with van der Waals surface area (Å²) in [6.07, 6.45) is -3.32. The summed E-state index contributed by atoms with van der Waals surface area (Å²) < 4.78 is 85.9. The molecule has 0 bridgehead atoms. The van der Waals surface area contributed by atoms with Gasteiger partial charge < -0.3 is 0 Å². The lowest BCUT2D eigenvalue weighted by molar-refractivity contribution is -0.142. The molecule has 1 atom stereocenters. The topological polar surface area (TPSA) is 99.5 Å². The van der Waals surface area contributed by atoms with Crippen molar-refractivity contribution in [2.75, 3.05) is 10.2 Å². The number of H-pyrrole nitrogens is 2. The molecule has 0 saturated carbocycles. The molecule has 0 aromatic carbocycles. The van der Waals surface area contributed by atoms with Crippen molar-refractivity contribution in [1.29, 1.82) is 0 Å². The summed E-state index contributed by atoms with van der Waals surface area (Å²) >= 11 is 0. The van der Waals surface area contributed by atoms with E-state index in [9.17, 15) is 26.3 Å². The zero-order chi connectivity index (χ0) is 26.5. The summed E-state index contributed by atoms with van der Waals surface area (Å²) in [5, 5.41) is 22.2. The highest BCUT2D eigenvalue weighted by Gasteiger charge is 2.52. The number of aromatic amines is 2. The van der Waals surface area contributed by atoms with Gasteiger partial charge in [-0.2, -0.15) is 61.5 Å². The quantitative estimate of drug-likeness (QED) is 0.374. The third-order valence-corrected chi connectivity index (χ3v) is 6.06. The lowest BCUT2D eigenvalue weighted by Gasteiger charge is -2.35. The van der Waals surface area contributed by atoms with E-state index in [4.69, 9.17) is 0 Å². The highest BCUT2D eigenvalue weighted by Crippen LogP contribution is 2.41. The third-order valence-electron chi connectivity index (χ3n) is 6.06. The van der Waals surface area contributed by atoms with Gasteiger partial charge in [0.2, 0.25) is 0 Å². The van der Waals surface area contributed by atoms with Gasteiger partial charge in [0.1, 0.15) is 0 Å². The lowest BCUT2D eigenvalue weighted by atomic mass is 10.0. The number of hydrogen-bond acceptors (Lipinski definition) is 6. The number of nitrogens with zero attached hydrogens (tertiary/aromatic N) is 8. The molecule has 0 fully saturated rings. The number of allylic oxidation sites excluding steroid dienone is 1. The van der Waals surface area contributed by atoms with Crippen molar-refractivity contribution < 1.29 is 26.3 Å². The Hall–Kier alpha value is -4.24. The van der Waals surface area contributed by atoms with E-state index in [1.54, 1.807) is 0 Å². The van der Waals surface area contributed by atoms with Crippen LogP contribution in [0.15, 0.2) is 54.4 Å². The van der Waals surface area contributed by atoms with Crippen molar-refractivity contribution in [3.05, 3.63) is 82.6 Å². The van der Waals surface area contributed by atoms with Crippen LogP contribution in [0.1, 0.15) is 35.1 Å². The number of aromatic nitrogens is 8. The van der Waals surface area contributed by atoms with Gasteiger partial charge in [-0.05, 0) is 37.1 Å². The Kier molecular flexibility index (Phi) is 5.75. The predicted molar refractivity (Wildman–Crippen MR) is 117 cm³/mol. The van der Waals surface area contributed by atoms with Gasteiger partial charge in [0.05, 0.1) is 30.3 Å². The number of alkyl halides is 6. The zero-order valence-electron chi connectivity index (χ0n) is 19.4. The Balaban J connectivity index is 1.69. The molecule has 1 aliphatic rings. The van der Waals surface area contributed by atoms with Crippen LogP contribution < -0.4 is 10.2 Å².